The maximum absolute atomic E-state index is 6.95. The second-order valence-electron chi connectivity index (χ2n) is 14.2. The van der Waals surface area contributed by atoms with Crippen molar-refractivity contribution < 1.29 is 4.42 Å². The van der Waals surface area contributed by atoms with Crippen molar-refractivity contribution in [1.82, 2.24) is 8.97 Å². The number of rotatable bonds is 2. The number of furan rings is 1. The SMILES string of the molecule is Cc1cc2c3c(c1C)c(C)c(C)c1c3n(c3c(-c4ccccc4)c4ccccc4n23)-c2ccc3c(oc4ccccc43)c2B1c1ccccc1. The number of aromatic nitrogens is 2. The lowest BCUT2D eigenvalue weighted by Gasteiger charge is -2.34. The number of nitrogens with zero attached hydrogens (tertiary/aromatic N) is 2. The van der Waals surface area contributed by atoms with E-state index in [-0.39, 0.29) is 6.71 Å². The molecule has 0 saturated carbocycles. The van der Waals surface area contributed by atoms with E-state index in [1.54, 1.807) is 0 Å². The van der Waals surface area contributed by atoms with Crippen LogP contribution in [0.1, 0.15) is 22.3 Å². The Bertz CT molecular complexity index is 3070. The van der Waals surface area contributed by atoms with Crippen LogP contribution in [0.5, 0.6) is 0 Å². The molecule has 0 unspecified atom stereocenters. The lowest BCUT2D eigenvalue weighted by molar-refractivity contribution is 0.671. The highest BCUT2D eigenvalue weighted by Crippen LogP contribution is 2.45. The molecule has 3 nitrogen and oxygen atoms in total. The monoisotopic (exact) mass is 640 g/mol. The number of aryl methyl sites for hydroxylation is 3. The Morgan fingerprint density at radius 3 is 2.06 bits per heavy atom. The Kier molecular flexibility index (Phi) is 5.47. The summed E-state index contributed by atoms with van der Waals surface area (Å²) in [4.78, 5) is 0. The van der Waals surface area contributed by atoms with Crippen LogP contribution in [0, 0.1) is 27.7 Å². The van der Waals surface area contributed by atoms with Gasteiger partial charge in [-0.25, -0.2) is 0 Å². The summed E-state index contributed by atoms with van der Waals surface area (Å²) in [6.07, 6.45) is 0. The highest BCUT2D eigenvalue weighted by atomic mass is 16.3. The van der Waals surface area contributed by atoms with Gasteiger partial charge in [-0.05, 0) is 96.6 Å². The first-order valence-electron chi connectivity index (χ1n) is 17.6. The molecule has 0 bridgehead atoms. The maximum Gasteiger partial charge on any atom is 0.252 e. The van der Waals surface area contributed by atoms with E-state index in [4.69, 9.17) is 4.42 Å². The average molecular weight is 641 g/mol. The molecule has 0 spiro atoms. The molecule has 4 heteroatoms. The van der Waals surface area contributed by atoms with Gasteiger partial charge in [0.2, 0.25) is 0 Å². The molecule has 0 amide bonds. The lowest BCUT2D eigenvalue weighted by Crippen LogP contribution is -2.57. The van der Waals surface area contributed by atoms with Crippen molar-refractivity contribution in [3.05, 3.63) is 150 Å². The van der Waals surface area contributed by atoms with E-state index in [9.17, 15) is 0 Å². The van der Waals surface area contributed by atoms with Crippen LogP contribution >= 0.6 is 0 Å². The zero-order chi connectivity index (χ0) is 33.4. The molecule has 50 heavy (non-hydrogen) atoms. The first-order valence-corrected chi connectivity index (χ1v) is 17.6. The summed E-state index contributed by atoms with van der Waals surface area (Å²) in [5.41, 5.74) is 19.7. The predicted octanol–water partition coefficient (Wildman–Crippen LogP) is 9.82. The van der Waals surface area contributed by atoms with E-state index in [1.165, 1.54) is 93.8 Å². The largest absolute Gasteiger partial charge is 0.457 e. The first-order chi connectivity index (χ1) is 24.5. The van der Waals surface area contributed by atoms with Crippen molar-refractivity contribution >= 4 is 83.4 Å². The van der Waals surface area contributed by atoms with Crippen molar-refractivity contribution in [2.24, 2.45) is 0 Å². The molecule has 0 atom stereocenters. The molecule has 7 aromatic carbocycles. The second kappa shape index (κ2) is 9.80. The van der Waals surface area contributed by atoms with E-state index in [0.29, 0.717) is 0 Å². The van der Waals surface area contributed by atoms with Gasteiger partial charge in [0.1, 0.15) is 16.8 Å². The zero-order valence-corrected chi connectivity index (χ0v) is 28.5. The molecule has 0 radical (unpaired) electrons. The summed E-state index contributed by atoms with van der Waals surface area (Å²) in [6, 6.07) is 46.5. The van der Waals surface area contributed by atoms with Crippen LogP contribution in [0.25, 0.3) is 77.1 Å². The standard InChI is InChI=1S/C46H33BN2O/c1-26-25-37-41-39(27(26)2)28(3)29(4)42-44(41)49(46-40(30-15-7-5-8-16-30)34-20-11-13-21-35(34)48(37)46)36-24-23-33-32-19-12-14-22-38(32)50-45(33)43(36)47(42)31-17-9-6-10-18-31/h5-25H,1-4H3. The molecule has 1 aliphatic rings. The van der Waals surface area contributed by atoms with Gasteiger partial charge in [0.25, 0.3) is 6.71 Å². The van der Waals surface area contributed by atoms with Gasteiger partial charge < -0.3 is 4.42 Å². The molecule has 0 N–H and O–H groups in total. The smallest absolute Gasteiger partial charge is 0.252 e. The van der Waals surface area contributed by atoms with Crippen molar-refractivity contribution in [2.75, 3.05) is 0 Å². The second-order valence-corrected chi connectivity index (χ2v) is 14.2. The van der Waals surface area contributed by atoms with Gasteiger partial charge in [-0.1, -0.05) is 108 Å². The van der Waals surface area contributed by atoms with Crippen LogP contribution < -0.4 is 16.4 Å². The number of para-hydroxylation sites is 2. The minimum Gasteiger partial charge on any atom is -0.457 e. The number of benzene rings is 7. The van der Waals surface area contributed by atoms with Gasteiger partial charge in [-0.3, -0.25) is 8.97 Å². The highest BCUT2D eigenvalue weighted by molar-refractivity contribution is 6.99. The number of fused-ring (bicyclic) bond motifs is 11. The van der Waals surface area contributed by atoms with E-state index in [2.05, 4.69) is 164 Å². The third kappa shape index (κ3) is 3.36. The van der Waals surface area contributed by atoms with E-state index in [0.717, 1.165) is 21.9 Å². The Balaban J connectivity index is 1.50. The van der Waals surface area contributed by atoms with Crippen molar-refractivity contribution in [3.8, 4) is 16.8 Å². The first kappa shape index (κ1) is 27.9. The molecule has 236 valence electrons. The molecule has 4 heterocycles. The average Bonchev–Trinajstić information content (AvgIpc) is 3.71. The van der Waals surface area contributed by atoms with Crippen LogP contribution in [0.2, 0.25) is 0 Å². The van der Waals surface area contributed by atoms with Gasteiger partial charge in [0, 0.05) is 32.8 Å². The van der Waals surface area contributed by atoms with E-state index in [1.807, 2.05) is 0 Å². The molecule has 1 aliphatic heterocycles. The van der Waals surface area contributed by atoms with E-state index < -0.39 is 0 Å². The van der Waals surface area contributed by atoms with Crippen LogP contribution in [0.3, 0.4) is 0 Å². The third-order valence-electron chi connectivity index (χ3n) is 11.8. The summed E-state index contributed by atoms with van der Waals surface area (Å²) >= 11 is 0. The molecular weight excluding hydrogens is 607 g/mol. The fourth-order valence-electron chi connectivity index (χ4n) is 9.38. The van der Waals surface area contributed by atoms with Gasteiger partial charge in [0.05, 0.1) is 16.6 Å². The Morgan fingerprint density at radius 1 is 0.560 bits per heavy atom. The van der Waals surface area contributed by atoms with E-state index >= 15 is 0 Å². The topological polar surface area (TPSA) is 22.5 Å². The molecular formula is C46H33BN2O. The minimum absolute atomic E-state index is 0.0182. The molecule has 0 saturated heterocycles. The molecule has 0 fully saturated rings. The van der Waals surface area contributed by atoms with Gasteiger partial charge in [-0.2, -0.15) is 0 Å². The van der Waals surface area contributed by atoms with Crippen LogP contribution in [-0.2, 0) is 0 Å². The quantitative estimate of drug-likeness (QED) is 0.173. The Hall–Kier alpha value is -6.00. The zero-order valence-electron chi connectivity index (χ0n) is 28.5. The Morgan fingerprint density at radius 2 is 1.26 bits per heavy atom. The van der Waals surface area contributed by atoms with Gasteiger partial charge >= 0.3 is 0 Å². The van der Waals surface area contributed by atoms with Crippen LogP contribution in [0.4, 0.5) is 0 Å². The molecule has 0 aliphatic carbocycles. The molecule has 11 rings (SSSR count). The third-order valence-corrected chi connectivity index (χ3v) is 11.8. The summed E-state index contributed by atoms with van der Waals surface area (Å²) < 4.78 is 12.1. The fraction of sp³-hybridized carbons (Fsp3) is 0.0870. The van der Waals surface area contributed by atoms with Crippen molar-refractivity contribution in [3.63, 3.8) is 0 Å². The molecule has 10 aromatic rings. The maximum atomic E-state index is 6.95. The van der Waals surface area contributed by atoms with Gasteiger partial charge in [-0.15, -0.1) is 0 Å². The van der Waals surface area contributed by atoms with Crippen molar-refractivity contribution in [1.29, 1.82) is 0 Å². The summed E-state index contributed by atoms with van der Waals surface area (Å²) in [7, 11) is 0. The fourth-order valence-corrected chi connectivity index (χ4v) is 9.38. The Labute approximate surface area is 290 Å². The summed E-state index contributed by atoms with van der Waals surface area (Å²) in [5.74, 6) is 0. The lowest BCUT2D eigenvalue weighted by atomic mass is 9.34. The van der Waals surface area contributed by atoms with Crippen molar-refractivity contribution in [2.45, 2.75) is 27.7 Å². The summed E-state index contributed by atoms with van der Waals surface area (Å²) in [5, 5.41) is 6.26. The summed E-state index contributed by atoms with van der Waals surface area (Å²) in [6.45, 7) is 9.25. The predicted molar refractivity (Wildman–Crippen MR) is 212 cm³/mol. The number of hydrogen-bond acceptors (Lipinski definition) is 1. The van der Waals surface area contributed by atoms with Crippen LogP contribution in [-0.4, -0.2) is 15.7 Å². The molecule has 3 aromatic heterocycles. The normalized spacial score (nSPS) is 12.8. The number of hydrogen-bond donors (Lipinski definition) is 0. The van der Waals surface area contributed by atoms with Gasteiger partial charge in [0.15, 0.2) is 0 Å². The highest BCUT2D eigenvalue weighted by Gasteiger charge is 2.39. The van der Waals surface area contributed by atoms with Crippen LogP contribution in [0.15, 0.2) is 132 Å². The minimum atomic E-state index is -0.0182.